The molecule has 0 aliphatic carbocycles. The Balaban J connectivity index is 2.58. The Bertz CT molecular complexity index is 535. The molecule has 0 fully saturated rings. The first-order chi connectivity index (χ1) is 10.4. The zero-order chi connectivity index (χ0) is 17.8. The molecule has 1 amide bonds. The molecule has 3 nitrogen and oxygen atoms in total. The fourth-order valence-corrected chi connectivity index (χ4v) is 2.10. The number of halogens is 3. The molecule has 0 radical (unpaired) electrons. The van der Waals surface area contributed by atoms with Gasteiger partial charge in [0.1, 0.15) is 0 Å². The molecule has 6 heteroatoms. The second kappa shape index (κ2) is 7.34. The molecule has 0 aliphatic heterocycles. The van der Waals surface area contributed by atoms with Crippen molar-refractivity contribution in [2.24, 2.45) is 11.1 Å². The van der Waals surface area contributed by atoms with E-state index in [4.69, 9.17) is 5.73 Å². The van der Waals surface area contributed by atoms with Crippen LogP contribution in [0.25, 0.3) is 0 Å². The third-order valence-corrected chi connectivity index (χ3v) is 3.88. The summed E-state index contributed by atoms with van der Waals surface area (Å²) >= 11 is 0. The molecule has 1 rings (SSSR count). The van der Waals surface area contributed by atoms with Crippen molar-refractivity contribution in [3.8, 4) is 0 Å². The van der Waals surface area contributed by atoms with Gasteiger partial charge in [-0.2, -0.15) is 13.2 Å². The zero-order valence-corrected chi connectivity index (χ0v) is 14.0. The van der Waals surface area contributed by atoms with Crippen LogP contribution in [0.3, 0.4) is 0 Å². The van der Waals surface area contributed by atoms with Gasteiger partial charge in [-0.1, -0.05) is 45.9 Å². The van der Waals surface area contributed by atoms with Crippen LogP contribution in [0.4, 0.5) is 13.2 Å². The van der Waals surface area contributed by atoms with Crippen LogP contribution < -0.4 is 11.1 Å². The summed E-state index contributed by atoms with van der Waals surface area (Å²) in [7, 11) is 0. The first kappa shape index (κ1) is 19.5. The summed E-state index contributed by atoms with van der Waals surface area (Å²) in [5.74, 6) is -0.336. The van der Waals surface area contributed by atoms with Crippen LogP contribution in [0.5, 0.6) is 0 Å². The molecule has 0 spiro atoms. The summed E-state index contributed by atoms with van der Waals surface area (Å²) < 4.78 is 38.2. The van der Waals surface area contributed by atoms with Crippen LogP contribution >= 0.6 is 0 Å². The van der Waals surface area contributed by atoms with Gasteiger partial charge in [-0.3, -0.25) is 4.79 Å². The highest BCUT2D eigenvalue weighted by molar-refractivity contribution is 5.82. The lowest BCUT2D eigenvalue weighted by Crippen LogP contribution is -2.48. The van der Waals surface area contributed by atoms with E-state index in [2.05, 4.69) is 5.32 Å². The number of nitrogens with one attached hydrogen (secondary N) is 1. The average molecular weight is 330 g/mol. The van der Waals surface area contributed by atoms with Crippen LogP contribution in [0.2, 0.25) is 0 Å². The van der Waals surface area contributed by atoms with E-state index in [9.17, 15) is 18.0 Å². The number of hydrogen-bond acceptors (Lipinski definition) is 2. The maximum Gasteiger partial charge on any atom is 0.416 e. The van der Waals surface area contributed by atoms with E-state index >= 15 is 0 Å². The summed E-state index contributed by atoms with van der Waals surface area (Å²) in [6.07, 6.45) is -3.80. The van der Waals surface area contributed by atoms with Crippen molar-refractivity contribution in [2.45, 2.75) is 52.3 Å². The van der Waals surface area contributed by atoms with E-state index in [0.717, 1.165) is 12.1 Å². The van der Waals surface area contributed by atoms with Crippen LogP contribution in [-0.2, 0) is 11.0 Å². The van der Waals surface area contributed by atoms with Crippen molar-refractivity contribution in [3.05, 3.63) is 35.4 Å². The Hall–Kier alpha value is -1.56. The molecule has 0 aromatic heterocycles. The lowest BCUT2D eigenvalue weighted by atomic mass is 9.87. The molecule has 0 saturated carbocycles. The molecule has 1 aromatic carbocycles. The highest BCUT2D eigenvalue weighted by Gasteiger charge is 2.31. The fraction of sp³-hybridized carbons (Fsp3) is 0.588. The average Bonchev–Trinajstić information content (AvgIpc) is 2.44. The number of nitrogens with two attached hydrogens (primary N) is 1. The Morgan fingerprint density at radius 3 is 2.39 bits per heavy atom. The van der Waals surface area contributed by atoms with E-state index in [1.165, 1.54) is 6.07 Å². The van der Waals surface area contributed by atoms with Crippen LogP contribution in [0.1, 0.15) is 51.2 Å². The van der Waals surface area contributed by atoms with Crippen molar-refractivity contribution >= 4 is 5.91 Å². The molecule has 3 N–H and O–H groups in total. The number of carbonyl (C=O) groups excluding carboxylic acids is 1. The first-order valence-electron chi connectivity index (χ1n) is 7.63. The Kier molecular flexibility index (Phi) is 6.22. The second-order valence-corrected chi connectivity index (χ2v) is 6.95. The van der Waals surface area contributed by atoms with Crippen LogP contribution in [0, 0.1) is 5.41 Å². The highest BCUT2D eigenvalue weighted by Crippen LogP contribution is 2.31. The minimum atomic E-state index is -4.34. The Labute approximate surface area is 135 Å². The van der Waals surface area contributed by atoms with Crippen molar-refractivity contribution in [1.82, 2.24) is 5.32 Å². The van der Waals surface area contributed by atoms with E-state index in [0.29, 0.717) is 18.5 Å². The van der Waals surface area contributed by atoms with Crippen molar-refractivity contribution < 1.29 is 18.0 Å². The molecule has 2 atom stereocenters. The molecule has 0 aliphatic rings. The van der Waals surface area contributed by atoms with E-state index in [1.807, 2.05) is 27.7 Å². The molecule has 130 valence electrons. The highest BCUT2D eigenvalue weighted by atomic mass is 19.4. The van der Waals surface area contributed by atoms with Crippen molar-refractivity contribution in [3.63, 3.8) is 0 Å². The van der Waals surface area contributed by atoms with Crippen LogP contribution in [0.15, 0.2) is 24.3 Å². The number of hydrogen-bond donors (Lipinski definition) is 2. The van der Waals surface area contributed by atoms with Gasteiger partial charge in [0.15, 0.2) is 0 Å². The standard InChI is InChI=1S/C17H25F3N2O/c1-11(8-9-22-15(23)14(21)16(2,3)4)12-6-5-7-13(10-12)17(18,19)20/h5-7,10-11,14H,8-9,21H2,1-4H3,(H,22,23)/t11?,14-/m1/s1. The normalized spacial score (nSPS) is 15.1. The van der Waals surface area contributed by atoms with Gasteiger partial charge in [0.25, 0.3) is 0 Å². The summed E-state index contributed by atoms with van der Waals surface area (Å²) in [5.41, 5.74) is 5.47. The Morgan fingerprint density at radius 2 is 1.87 bits per heavy atom. The first-order valence-corrected chi connectivity index (χ1v) is 7.63. The fourth-order valence-electron chi connectivity index (χ4n) is 2.10. The van der Waals surface area contributed by atoms with E-state index in [-0.39, 0.29) is 17.2 Å². The largest absolute Gasteiger partial charge is 0.416 e. The number of alkyl halides is 3. The van der Waals surface area contributed by atoms with Gasteiger partial charge in [-0.15, -0.1) is 0 Å². The minimum Gasteiger partial charge on any atom is -0.355 e. The maximum absolute atomic E-state index is 12.7. The molecule has 0 heterocycles. The van der Waals surface area contributed by atoms with Gasteiger partial charge in [-0.05, 0) is 29.4 Å². The minimum absolute atomic E-state index is 0.0940. The maximum atomic E-state index is 12.7. The predicted octanol–water partition coefficient (Wildman–Crippen LogP) is 3.69. The third-order valence-electron chi connectivity index (χ3n) is 3.88. The van der Waals surface area contributed by atoms with Gasteiger partial charge in [0, 0.05) is 6.54 Å². The lowest BCUT2D eigenvalue weighted by Gasteiger charge is -2.26. The summed E-state index contributed by atoms with van der Waals surface area (Å²) in [6, 6.07) is 4.67. The molecular weight excluding hydrogens is 305 g/mol. The predicted molar refractivity (Wildman–Crippen MR) is 84.9 cm³/mol. The monoisotopic (exact) mass is 330 g/mol. The van der Waals surface area contributed by atoms with Gasteiger partial charge < -0.3 is 11.1 Å². The lowest BCUT2D eigenvalue weighted by molar-refractivity contribution is -0.137. The number of benzene rings is 1. The number of amides is 1. The molecule has 23 heavy (non-hydrogen) atoms. The SMILES string of the molecule is CC(CCNC(=O)[C@@H](N)C(C)(C)C)c1cccc(C(F)(F)F)c1. The number of carbonyl (C=O) groups is 1. The van der Waals surface area contributed by atoms with Gasteiger partial charge in [0.05, 0.1) is 11.6 Å². The molecular formula is C17H25F3N2O. The second-order valence-electron chi connectivity index (χ2n) is 6.95. The van der Waals surface area contributed by atoms with E-state index in [1.54, 1.807) is 6.07 Å². The number of rotatable bonds is 5. The zero-order valence-electron chi connectivity index (χ0n) is 14.0. The Morgan fingerprint density at radius 1 is 1.26 bits per heavy atom. The van der Waals surface area contributed by atoms with E-state index < -0.39 is 17.8 Å². The van der Waals surface area contributed by atoms with Gasteiger partial charge in [-0.25, -0.2) is 0 Å². The topological polar surface area (TPSA) is 55.1 Å². The third kappa shape index (κ3) is 5.86. The molecule has 1 unspecified atom stereocenters. The summed E-state index contributed by atoms with van der Waals surface area (Å²) in [4.78, 5) is 11.9. The molecule has 0 bridgehead atoms. The molecule has 1 aromatic rings. The smallest absolute Gasteiger partial charge is 0.355 e. The summed E-state index contributed by atoms with van der Waals surface area (Å²) in [6.45, 7) is 7.85. The van der Waals surface area contributed by atoms with Gasteiger partial charge in [0.2, 0.25) is 5.91 Å². The summed E-state index contributed by atoms with van der Waals surface area (Å²) in [5, 5.41) is 2.75. The quantitative estimate of drug-likeness (QED) is 0.865. The molecule has 0 saturated heterocycles. The van der Waals surface area contributed by atoms with Crippen molar-refractivity contribution in [2.75, 3.05) is 6.54 Å². The van der Waals surface area contributed by atoms with Crippen LogP contribution in [-0.4, -0.2) is 18.5 Å². The van der Waals surface area contributed by atoms with Gasteiger partial charge >= 0.3 is 6.18 Å². The van der Waals surface area contributed by atoms with Crippen molar-refractivity contribution in [1.29, 1.82) is 0 Å².